The van der Waals surface area contributed by atoms with Crippen LogP contribution in [0.2, 0.25) is 0 Å². The molecule has 4 nitrogen and oxygen atoms in total. The highest BCUT2D eigenvalue weighted by molar-refractivity contribution is 5.21. The molecule has 102 valence electrons. The second-order valence-corrected chi connectivity index (χ2v) is 5.86. The lowest BCUT2D eigenvalue weighted by atomic mass is 9.95. The lowest BCUT2D eigenvalue weighted by Gasteiger charge is -2.32. The molecule has 0 fully saturated rings. The van der Waals surface area contributed by atoms with E-state index in [4.69, 9.17) is 10.5 Å². The predicted octanol–water partition coefficient (Wildman–Crippen LogP) is 2.07. The zero-order valence-corrected chi connectivity index (χ0v) is 12.1. The second-order valence-electron chi connectivity index (χ2n) is 5.86. The van der Waals surface area contributed by atoms with Gasteiger partial charge in [-0.15, -0.1) is 0 Å². The Labute approximate surface area is 110 Å². The number of pyridine rings is 1. The number of hydrogen-bond donors (Lipinski definition) is 1. The topological polar surface area (TPSA) is 51.4 Å². The third kappa shape index (κ3) is 4.27. The lowest BCUT2D eigenvalue weighted by molar-refractivity contribution is 0.175. The van der Waals surface area contributed by atoms with Gasteiger partial charge in [0, 0.05) is 31.4 Å². The zero-order chi connectivity index (χ0) is 13.8. The maximum absolute atomic E-state index is 5.89. The van der Waals surface area contributed by atoms with Gasteiger partial charge in [0.25, 0.3) is 0 Å². The molecule has 1 unspecified atom stereocenters. The second kappa shape index (κ2) is 6.16. The van der Waals surface area contributed by atoms with E-state index in [0.717, 1.165) is 12.1 Å². The molecule has 0 aliphatic carbocycles. The van der Waals surface area contributed by atoms with Gasteiger partial charge in [0.1, 0.15) is 0 Å². The molecule has 4 heteroatoms. The summed E-state index contributed by atoms with van der Waals surface area (Å²) < 4.78 is 5.07. The standard InChI is InChI=1S/C14H25N3O/c1-14(2,3)10-17(4)12(8-15)11-6-7-13(18-5)16-9-11/h6-7,9,12H,8,10,15H2,1-5H3. The minimum absolute atomic E-state index is 0.197. The number of rotatable bonds is 5. The smallest absolute Gasteiger partial charge is 0.212 e. The third-order valence-electron chi connectivity index (χ3n) is 2.83. The number of nitrogens with two attached hydrogens (primary N) is 1. The van der Waals surface area contributed by atoms with Crippen LogP contribution in [0.15, 0.2) is 18.3 Å². The minimum Gasteiger partial charge on any atom is -0.481 e. The Morgan fingerprint density at radius 1 is 1.39 bits per heavy atom. The van der Waals surface area contributed by atoms with Gasteiger partial charge in [-0.05, 0) is 18.0 Å². The van der Waals surface area contributed by atoms with Crippen molar-refractivity contribution in [1.29, 1.82) is 0 Å². The Kier molecular flexibility index (Phi) is 5.11. The third-order valence-corrected chi connectivity index (χ3v) is 2.83. The molecule has 1 aromatic heterocycles. The molecule has 0 aliphatic rings. The van der Waals surface area contributed by atoms with Gasteiger partial charge < -0.3 is 10.5 Å². The average molecular weight is 251 g/mol. The highest BCUT2D eigenvalue weighted by Crippen LogP contribution is 2.23. The molecule has 0 spiro atoms. The van der Waals surface area contributed by atoms with Gasteiger partial charge in [0.15, 0.2) is 0 Å². The van der Waals surface area contributed by atoms with Crippen LogP contribution < -0.4 is 10.5 Å². The number of aromatic nitrogens is 1. The highest BCUT2D eigenvalue weighted by atomic mass is 16.5. The van der Waals surface area contributed by atoms with E-state index in [-0.39, 0.29) is 11.5 Å². The normalized spacial score (nSPS) is 13.7. The Morgan fingerprint density at radius 2 is 2.06 bits per heavy atom. The van der Waals surface area contributed by atoms with Crippen molar-refractivity contribution in [2.45, 2.75) is 26.8 Å². The first-order valence-electron chi connectivity index (χ1n) is 6.27. The Balaban J connectivity index is 2.81. The number of nitrogens with zero attached hydrogens (tertiary/aromatic N) is 2. The number of likely N-dealkylation sites (N-methyl/N-ethyl adjacent to an activating group) is 1. The van der Waals surface area contributed by atoms with Crippen molar-refractivity contribution in [1.82, 2.24) is 9.88 Å². The summed E-state index contributed by atoms with van der Waals surface area (Å²) in [6.07, 6.45) is 1.84. The molecule has 18 heavy (non-hydrogen) atoms. The van der Waals surface area contributed by atoms with E-state index in [9.17, 15) is 0 Å². The van der Waals surface area contributed by atoms with E-state index in [1.54, 1.807) is 7.11 Å². The molecule has 0 saturated heterocycles. The molecule has 2 N–H and O–H groups in total. The van der Waals surface area contributed by atoms with Gasteiger partial charge in [-0.1, -0.05) is 26.8 Å². The first kappa shape index (κ1) is 14.9. The van der Waals surface area contributed by atoms with Crippen molar-refractivity contribution >= 4 is 0 Å². The molecule has 0 amide bonds. The summed E-state index contributed by atoms with van der Waals surface area (Å²) in [7, 11) is 3.72. The molecule has 1 heterocycles. The van der Waals surface area contributed by atoms with Gasteiger partial charge in [0.2, 0.25) is 5.88 Å². The van der Waals surface area contributed by atoms with E-state index in [1.165, 1.54) is 0 Å². The van der Waals surface area contributed by atoms with Crippen LogP contribution >= 0.6 is 0 Å². The minimum atomic E-state index is 0.197. The Hall–Kier alpha value is -1.13. The van der Waals surface area contributed by atoms with Crippen LogP contribution in [0, 0.1) is 5.41 Å². The summed E-state index contributed by atoms with van der Waals surface area (Å²) >= 11 is 0. The average Bonchev–Trinajstić information content (AvgIpc) is 2.28. The summed E-state index contributed by atoms with van der Waals surface area (Å²) in [6.45, 7) is 8.25. The van der Waals surface area contributed by atoms with Gasteiger partial charge in [-0.3, -0.25) is 4.90 Å². The van der Waals surface area contributed by atoms with E-state index < -0.39 is 0 Å². The summed E-state index contributed by atoms with van der Waals surface area (Å²) in [4.78, 5) is 6.52. The van der Waals surface area contributed by atoms with Crippen molar-refractivity contribution in [2.75, 3.05) is 27.2 Å². The lowest BCUT2D eigenvalue weighted by Crippen LogP contribution is -2.36. The first-order chi connectivity index (χ1) is 8.37. The first-order valence-corrected chi connectivity index (χ1v) is 6.27. The van der Waals surface area contributed by atoms with E-state index >= 15 is 0 Å². The molecule has 0 saturated carbocycles. The van der Waals surface area contributed by atoms with Crippen LogP contribution in [0.1, 0.15) is 32.4 Å². The Bertz CT molecular complexity index is 356. The number of methoxy groups -OCH3 is 1. The van der Waals surface area contributed by atoms with E-state index in [1.807, 2.05) is 18.3 Å². The van der Waals surface area contributed by atoms with Crippen LogP contribution in [-0.4, -0.2) is 37.1 Å². The maximum atomic E-state index is 5.89. The maximum Gasteiger partial charge on any atom is 0.212 e. The summed E-state index contributed by atoms with van der Waals surface area (Å²) in [6, 6.07) is 4.11. The van der Waals surface area contributed by atoms with Crippen LogP contribution in [0.25, 0.3) is 0 Å². The summed E-state index contributed by atoms with van der Waals surface area (Å²) in [5.74, 6) is 0.632. The van der Waals surface area contributed by atoms with Crippen molar-refractivity contribution in [3.63, 3.8) is 0 Å². The van der Waals surface area contributed by atoms with Crippen molar-refractivity contribution < 1.29 is 4.74 Å². The van der Waals surface area contributed by atoms with Crippen LogP contribution in [0.4, 0.5) is 0 Å². The van der Waals surface area contributed by atoms with E-state index in [0.29, 0.717) is 12.4 Å². The highest BCUT2D eigenvalue weighted by Gasteiger charge is 2.21. The molecular formula is C14H25N3O. The summed E-state index contributed by atoms with van der Waals surface area (Å²) in [5.41, 5.74) is 7.28. The Morgan fingerprint density at radius 3 is 2.44 bits per heavy atom. The fourth-order valence-electron chi connectivity index (χ4n) is 2.14. The van der Waals surface area contributed by atoms with Gasteiger partial charge in [-0.25, -0.2) is 4.98 Å². The SMILES string of the molecule is COc1ccc(C(CN)N(C)CC(C)(C)C)cn1. The molecular weight excluding hydrogens is 226 g/mol. The quantitative estimate of drug-likeness (QED) is 0.870. The molecule has 0 aliphatic heterocycles. The summed E-state index contributed by atoms with van der Waals surface area (Å²) in [5, 5.41) is 0. The van der Waals surface area contributed by atoms with Crippen molar-refractivity contribution in [3.05, 3.63) is 23.9 Å². The van der Waals surface area contributed by atoms with Crippen molar-refractivity contribution in [2.24, 2.45) is 11.1 Å². The van der Waals surface area contributed by atoms with Gasteiger partial charge in [-0.2, -0.15) is 0 Å². The molecule has 1 aromatic rings. The number of hydrogen-bond acceptors (Lipinski definition) is 4. The number of ether oxygens (including phenoxy) is 1. The zero-order valence-electron chi connectivity index (χ0n) is 12.1. The van der Waals surface area contributed by atoms with Crippen molar-refractivity contribution in [3.8, 4) is 5.88 Å². The molecule has 1 rings (SSSR count). The van der Waals surface area contributed by atoms with Gasteiger partial charge >= 0.3 is 0 Å². The fraction of sp³-hybridized carbons (Fsp3) is 0.643. The van der Waals surface area contributed by atoms with Gasteiger partial charge in [0.05, 0.1) is 7.11 Å². The molecule has 1 atom stereocenters. The van der Waals surface area contributed by atoms with E-state index in [2.05, 4.69) is 37.7 Å². The molecule has 0 aromatic carbocycles. The molecule has 0 radical (unpaired) electrons. The predicted molar refractivity (Wildman–Crippen MR) is 74.7 cm³/mol. The van der Waals surface area contributed by atoms with Crippen LogP contribution in [0.3, 0.4) is 0 Å². The largest absolute Gasteiger partial charge is 0.481 e. The van der Waals surface area contributed by atoms with Crippen LogP contribution in [-0.2, 0) is 0 Å². The van der Waals surface area contributed by atoms with Crippen LogP contribution in [0.5, 0.6) is 5.88 Å². The molecule has 0 bridgehead atoms. The monoisotopic (exact) mass is 251 g/mol. The fourth-order valence-corrected chi connectivity index (χ4v) is 2.14.